The Kier molecular flexibility index (Phi) is 14.3. The van der Waals surface area contributed by atoms with Crippen LogP contribution in [-0.4, -0.2) is 60.6 Å². The normalized spacial score (nSPS) is 25.1. The van der Waals surface area contributed by atoms with Crippen molar-refractivity contribution in [3.05, 3.63) is 82.6 Å². The highest BCUT2D eigenvalue weighted by Gasteiger charge is 2.56. The monoisotopic (exact) mass is 683 g/mol. The van der Waals surface area contributed by atoms with Gasteiger partial charge in [0, 0.05) is 29.6 Å². The minimum Gasteiger partial charge on any atom is -0.482 e. The van der Waals surface area contributed by atoms with Crippen molar-refractivity contribution in [1.82, 2.24) is 10.2 Å². The van der Waals surface area contributed by atoms with E-state index < -0.39 is 17.4 Å². The van der Waals surface area contributed by atoms with Gasteiger partial charge in [0.1, 0.15) is 6.04 Å². The number of amides is 2. The van der Waals surface area contributed by atoms with Crippen molar-refractivity contribution in [2.24, 2.45) is 33.5 Å². The molecule has 270 valence electrons. The van der Waals surface area contributed by atoms with Crippen molar-refractivity contribution in [2.75, 3.05) is 13.7 Å². The standard InChI is InChI=1S/C38H51N7O3.C2H6/c1-8-43-44-37(48-7)38(20-26(5)42-22-34(46)45-30(21-39)15-16-31-27(6)35(31)45)32(17-10-23(2)9-12-25(4)40)24(3)11-13-28-19-29(36(41)47)14-18-33(28)38;1-2/h8,10,14,17-19,26-27,30-31,35,42H,2,4,9,11-13,15-16,20,22,40H2,1,3,5-7H3,(H2,41,47);1-2H3/b17-10-,43-8+,44-37-;/t26-,27?,30?,31?,35?,38?;/m1./s1. The number of hydrogen-bond acceptors (Lipinski definition) is 8. The second kappa shape index (κ2) is 18.0. The number of nitriles is 1. The van der Waals surface area contributed by atoms with Crippen LogP contribution in [0.4, 0.5) is 0 Å². The van der Waals surface area contributed by atoms with E-state index in [1.807, 2.05) is 43.9 Å². The molecular formula is C40H57N7O3. The van der Waals surface area contributed by atoms with Crippen molar-refractivity contribution in [2.45, 2.75) is 110 Å². The lowest BCUT2D eigenvalue weighted by atomic mass is 9.67. The highest BCUT2D eigenvalue weighted by Crippen LogP contribution is 2.51. The van der Waals surface area contributed by atoms with E-state index >= 15 is 0 Å². The number of fused-ring (bicyclic) bond motifs is 2. The van der Waals surface area contributed by atoms with E-state index in [4.69, 9.17) is 16.2 Å². The van der Waals surface area contributed by atoms with E-state index in [0.29, 0.717) is 61.1 Å². The molecule has 5 N–H and O–H groups in total. The first-order valence-corrected chi connectivity index (χ1v) is 17.9. The van der Waals surface area contributed by atoms with Gasteiger partial charge in [0.05, 0.1) is 25.1 Å². The van der Waals surface area contributed by atoms with E-state index in [9.17, 15) is 14.9 Å². The summed E-state index contributed by atoms with van der Waals surface area (Å²) in [4.78, 5) is 27.8. The summed E-state index contributed by atoms with van der Waals surface area (Å²) in [6.07, 6.45) is 10.5. The fourth-order valence-electron chi connectivity index (χ4n) is 7.64. The summed E-state index contributed by atoms with van der Waals surface area (Å²) < 4.78 is 6.12. The summed E-state index contributed by atoms with van der Waals surface area (Å²) in [5.41, 5.74) is 16.5. The highest BCUT2D eigenvalue weighted by atomic mass is 16.5. The van der Waals surface area contributed by atoms with Gasteiger partial charge in [0.2, 0.25) is 17.7 Å². The molecule has 0 bridgehead atoms. The maximum atomic E-state index is 13.7. The minimum atomic E-state index is -0.965. The molecule has 1 saturated heterocycles. The Morgan fingerprint density at radius 1 is 1.22 bits per heavy atom. The molecule has 0 radical (unpaired) electrons. The van der Waals surface area contributed by atoms with E-state index in [1.54, 1.807) is 26.3 Å². The van der Waals surface area contributed by atoms with Crippen molar-refractivity contribution >= 4 is 23.9 Å². The Hall–Kier alpha value is -4.49. The summed E-state index contributed by atoms with van der Waals surface area (Å²) in [6, 6.07) is 7.42. The van der Waals surface area contributed by atoms with Crippen LogP contribution in [0.2, 0.25) is 0 Å². The van der Waals surface area contributed by atoms with Crippen LogP contribution in [0.25, 0.3) is 0 Å². The summed E-state index contributed by atoms with van der Waals surface area (Å²) in [5, 5.41) is 22.2. The number of allylic oxidation sites excluding steroid dienone is 5. The van der Waals surface area contributed by atoms with Crippen molar-refractivity contribution in [1.29, 1.82) is 5.26 Å². The minimum absolute atomic E-state index is 0.0604. The second-order valence-corrected chi connectivity index (χ2v) is 13.5. The van der Waals surface area contributed by atoms with Crippen LogP contribution < -0.4 is 16.8 Å². The maximum absolute atomic E-state index is 13.7. The number of methoxy groups -OCH3 is 1. The molecule has 5 unspecified atom stereocenters. The van der Waals surface area contributed by atoms with Gasteiger partial charge < -0.3 is 26.4 Å². The molecule has 2 aliphatic carbocycles. The Bertz CT molecular complexity index is 1600. The van der Waals surface area contributed by atoms with Crippen LogP contribution in [0.5, 0.6) is 0 Å². The van der Waals surface area contributed by atoms with Crippen molar-refractivity contribution < 1.29 is 14.3 Å². The molecule has 6 atom stereocenters. The molecule has 3 aliphatic rings. The van der Waals surface area contributed by atoms with Gasteiger partial charge in [-0.25, -0.2) is 0 Å². The quantitative estimate of drug-likeness (QED) is 0.0966. The maximum Gasteiger partial charge on any atom is 0.248 e. The van der Waals surface area contributed by atoms with Crippen molar-refractivity contribution in [3.8, 4) is 6.07 Å². The average Bonchev–Trinajstić information content (AvgIpc) is 3.79. The molecular weight excluding hydrogens is 626 g/mol. The molecule has 10 heteroatoms. The Balaban J connectivity index is 0.00000332. The second-order valence-electron chi connectivity index (χ2n) is 13.5. The van der Waals surface area contributed by atoms with Crippen molar-refractivity contribution in [3.63, 3.8) is 0 Å². The third-order valence-corrected chi connectivity index (χ3v) is 10.2. The molecule has 0 aromatic heterocycles. The number of ether oxygens (including phenoxy) is 1. The number of benzene rings is 1. The highest BCUT2D eigenvalue weighted by molar-refractivity contribution is 5.96. The van der Waals surface area contributed by atoms with Gasteiger partial charge in [-0.05, 0) is 106 Å². The average molecular weight is 684 g/mol. The van der Waals surface area contributed by atoms with Gasteiger partial charge in [-0.1, -0.05) is 63.3 Å². The molecule has 50 heavy (non-hydrogen) atoms. The third-order valence-electron chi connectivity index (χ3n) is 10.2. The predicted octanol–water partition coefficient (Wildman–Crippen LogP) is 6.25. The number of nitrogens with zero attached hydrogens (tertiary/aromatic N) is 4. The topological polar surface area (TPSA) is 159 Å². The van der Waals surface area contributed by atoms with Gasteiger partial charge in [-0.15, -0.1) is 5.10 Å². The lowest BCUT2D eigenvalue weighted by molar-refractivity contribution is -0.133. The number of piperidine rings is 1. The smallest absolute Gasteiger partial charge is 0.248 e. The summed E-state index contributed by atoms with van der Waals surface area (Å²) in [5.74, 6) is 0.716. The Labute approximate surface area is 299 Å². The summed E-state index contributed by atoms with van der Waals surface area (Å²) >= 11 is 0. The van der Waals surface area contributed by atoms with Gasteiger partial charge in [-0.3, -0.25) is 9.59 Å². The first-order chi connectivity index (χ1) is 23.9. The number of likely N-dealkylation sites (tertiary alicyclic amines) is 1. The number of nitrogens with one attached hydrogen (secondary N) is 1. The molecule has 1 heterocycles. The zero-order chi connectivity index (χ0) is 37.2. The Morgan fingerprint density at radius 2 is 1.94 bits per heavy atom. The van der Waals surface area contributed by atoms with E-state index in [1.165, 1.54) is 0 Å². The zero-order valence-electron chi connectivity index (χ0n) is 31.1. The van der Waals surface area contributed by atoms with Crippen LogP contribution in [-0.2, 0) is 21.4 Å². The number of nitrogens with two attached hydrogens (primary N) is 2. The van der Waals surface area contributed by atoms with E-state index in [-0.39, 0.29) is 24.5 Å². The van der Waals surface area contributed by atoms with Crippen LogP contribution in [0.3, 0.4) is 0 Å². The summed E-state index contributed by atoms with van der Waals surface area (Å²) in [7, 11) is 1.59. The number of hydrogen-bond donors (Lipinski definition) is 3. The molecule has 0 spiro atoms. The number of primary amides is 1. The molecule has 1 aromatic carbocycles. The molecule has 1 aromatic rings. The van der Waals surface area contributed by atoms with Crippen LogP contribution >= 0.6 is 0 Å². The van der Waals surface area contributed by atoms with Crippen LogP contribution in [0, 0.1) is 23.2 Å². The van der Waals surface area contributed by atoms with Gasteiger partial charge >= 0.3 is 0 Å². The third kappa shape index (κ3) is 8.80. The molecule has 2 amide bonds. The summed E-state index contributed by atoms with van der Waals surface area (Å²) in [6.45, 7) is 20.3. The van der Waals surface area contributed by atoms with E-state index in [0.717, 1.165) is 40.7 Å². The SMILES string of the molecule is C=C(N)CCC(=C)/C=C\C1=C(C)CCc2cc(C(N)=O)ccc2C1(C[C@@H](C)NCC(=O)N1C(C#N)CCC2C(C)C21)/C(=N/N=C/C)OC.CC. The number of aryl methyl sites for hydroxylation is 1. The Morgan fingerprint density at radius 3 is 2.56 bits per heavy atom. The van der Waals surface area contributed by atoms with Gasteiger partial charge in [-0.2, -0.15) is 10.4 Å². The van der Waals surface area contributed by atoms with Crippen LogP contribution in [0.15, 0.2) is 76.1 Å². The fourth-order valence-corrected chi connectivity index (χ4v) is 7.64. The molecule has 1 aliphatic heterocycles. The van der Waals surface area contributed by atoms with Gasteiger partial charge in [0.25, 0.3) is 0 Å². The molecule has 2 fully saturated rings. The number of carbonyl (C=O) groups excluding carboxylic acids is 2. The number of carbonyl (C=O) groups is 2. The van der Waals surface area contributed by atoms with Crippen LogP contribution in [0.1, 0.15) is 102 Å². The molecule has 10 nitrogen and oxygen atoms in total. The van der Waals surface area contributed by atoms with E-state index in [2.05, 4.69) is 54.7 Å². The largest absolute Gasteiger partial charge is 0.482 e. The lowest BCUT2D eigenvalue weighted by Gasteiger charge is -2.39. The zero-order valence-corrected chi connectivity index (χ0v) is 31.1. The fraction of sp³-hybridized carbons (Fsp3) is 0.525. The lowest BCUT2D eigenvalue weighted by Crippen LogP contribution is -2.50. The molecule has 1 saturated carbocycles. The molecule has 4 rings (SSSR count). The predicted molar refractivity (Wildman–Crippen MR) is 202 cm³/mol. The van der Waals surface area contributed by atoms with Gasteiger partial charge in [0.15, 0.2) is 0 Å². The first-order valence-electron chi connectivity index (χ1n) is 17.9. The number of rotatable bonds is 13. The first kappa shape index (κ1) is 39.9.